The number of benzene rings is 1. The molecule has 1 saturated heterocycles. The van der Waals surface area contributed by atoms with Gasteiger partial charge in [0.05, 0.1) is 12.9 Å². The summed E-state index contributed by atoms with van der Waals surface area (Å²) < 4.78 is 44.6. The van der Waals surface area contributed by atoms with Crippen LogP contribution in [-0.2, 0) is 19.9 Å². The number of halogens is 3. The smallest absolute Gasteiger partial charge is 0.364 e. The number of alkyl halides is 3. The van der Waals surface area contributed by atoms with Gasteiger partial charge in [0.15, 0.2) is 17.8 Å². The van der Waals surface area contributed by atoms with Crippen molar-refractivity contribution in [3.63, 3.8) is 0 Å². The summed E-state index contributed by atoms with van der Waals surface area (Å²) in [6.45, 7) is 0.691. The number of carbonyl (C=O) groups is 3. The van der Waals surface area contributed by atoms with Crippen LogP contribution in [0.3, 0.4) is 0 Å². The van der Waals surface area contributed by atoms with E-state index >= 15 is 0 Å². The number of amides is 4. The van der Waals surface area contributed by atoms with Crippen molar-refractivity contribution in [2.75, 3.05) is 33.1 Å². The zero-order valence-corrected chi connectivity index (χ0v) is 17.3. The number of nitrogens with one attached hydrogen (secondary N) is 1. The number of methoxy groups -OCH3 is 1. The SMILES string of the molecule is COC(C)(c1ccc(NC(=O)CN2C=NC3C2C(=O)N(C)C(=O)N3C)cc1)C(F)(F)F. The molecule has 2 aliphatic rings. The first-order valence-corrected chi connectivity index (χ1v) is 9.26. The first-order chi connectivity index (χ1) is 14.4. The van der Waals surface area contributed by atoms with E-state index in [1.807, 2.05) is 0 Å². The van der Waals surface area contributed by atoms with Gasteiger partial charge in [-0.25, -0.2) is 9.79 Å². The van der Waals surface area contributed by atoms with E-state index in [1.54, 1.807) is 0 Å². The number of imide groups is 1. The molecule has 3 rings (SSSR count). The Morgan fingerprint density at radius 3 is 2.35 bits per heavy atom. The molecule has 1 fully saturated rings. The van der Waals surface area contributed by atoms with E-state index < -0.39 is 41.8 Å². The van der Waals surface area contributed by atoms with Crippen molar-refractivity contribution in [1.82, 2.24) is 14.7 Å². The van der Waals surface area contributed by atoms with E-state index in [0.717, 1.165) is 18.9 Å². The molecule has 3 unspecified atom stereocenters. The lowest BCUT2D eigenvalue weighted by molar-refractivity contribution is -0.269. The van der Waals surface area contributed by atoms with Crippen LogP contribution in [-0.4, -0.2) is 85.0 Å². The van der Waals surface area contributed by atoms with E-state index in [-0.39, 0.29) is 17.8 Å². The fraction of sp³-hybridized carbons (Fsp3) is 0.474. The van der Waals surface area contributed by atoms with E-state index in [9.17, 15) is 27.6 Å². The molecule has 9 nitrogen and oxygen atoms in total. The minimum atomic E-state index is -4.62. The molecule has 31 heavy (non-hydrogen) atoms. The Balaban J connectivity index is 1.67. The summed E-state index contributed by atoms with van der Waals surface area (Å²) in [6, 6.07) is 3.80. The predicted octanol–water partition coefficient (Wildman–Crippen LogP) is 1.61. The Hall–Kier alpha value is -3.15. The topological polar surface area (TPSA) is 94.5 Å². The number of rotatable bonds is 5. The molecular weight excluding hydrogens is 419 g/mol. The highest BCUT2D eigenvalue weighted by atomic mass is 19.4. The number of aliphatic imine (C=N–C) groups is 1. The monoisotopic (exact) mass is 441 g/mol. The first-order valence-electron chi connectivity index (χ1n) is 9.26. The highest BCUT2D eigenvalue weighted by Gasteiger charge is 2.53. The molecule has 1 N–H and O–H groups in total. The molecule has 1 aromatic rings. The fourth-order valence-electron chi connectivity index (χ4n) is 3.48. The number of likely N-dealkylation sites (N-methyl/N-ethyl adjacent to an activating group) is 2. The van der Waals surface area contributed by atoms with E-state index in [2.05, 4.69) is 15.0 Å². The maximum Gasteiger partial charge on any atom is 0.421 e. The number of hydrogen-bond donors (Lipinski definition) is 1. The summed E-state index contributed by atoms with van der Waals surface area (Å²) in [4.78, 5) is 44.8. The highest BCUT2D eigenvalue weighted by molar-refractivity contribution is 6.02. The van der Waals surface area contributed by atoms with Crippen molar-refractivity contribution in [2.45, 2.75) is 30.9 Å². The molecule has 2 aliphatic heterocycles. The third-order valence-corrected chi connectivity index (χ3v) is 5.57. The largest absolute Gasteiger partial charge is 0.421 e. The minimum Gasteiger partial charge on any atom is -0.364 e. The molecule has 0 saturated carbocycles. The van der Waals surface area contributed by atoms with Gasteiger partial charge in [0.2, 0.25) is 5.91 Å². The van der Waals surface area contributed by atoms with Gasteiger partial charge in [0, 0.05) is 26.9 Å². The van der Waals surface area contributed by atoms with Crippen LogP contribution < -0.4 is 5.32 Å². The maximum absolute atomic E-state index is 13.3. The summed E-state index contributed by atoms with van der Waals surface area (Å²) in [5, 5.41) is 2.58. The van der Waals surface area contributed by atoms with Gasteiger partial charge in [-0.15, -0.1) is 0 Å². The lowest BCUT2D eigenvalue weighted by atomic mass is 9.95. The second-order valence-electron chi connectivity index (χ2n) is 7.45. The molecule has 1 aromatic carbocycles. The molecule has 0 spiro atoms. The van der Waals surface area contributed by atoms with Crippen LogP contribution in [0, 0.1) is 0 Å². The van der Waals surface area contributed by atoms with Gasteiger partial charge in [0.25, 0.3) is 5.91 Å². The van der Waals surface area contributed by atoms with Gasteiger partial charge in [0.1, 0.15) is 0 Å². The second-order valence-corrected chi connectivity index (χ2v) is 7.45. The summed E-state index contributed by atoms with van der Waals surface area (Å²) in [5.41, 5.74) is -2.31. The summed E-state index contributed by atoms with van der Waals surface area (Å²) >= 11 is 0. The summed E-state index contributed by atoms with van der Waals surface area (Å²) in [7, 11) is 3.84. The predicted molar refractivity (Wildman–Crippen MR) is 104 cm³/mol. The standard InChI is InChI=1S/C19H22F3N5O4/c1-18(31-4,19(20,21)22)11-5-7-12(8-6-11)24-13(28)9-27-10-23-15-14(27)16(29)26(3)17(30)25(15)2/h5-8,10,14-15H,9H2,1-4H3,(H,24,28). The number of hydrogen-bond acceptors (Lipinski definition) is 6. The Labute approximate surface area is 176 Å². The number of fused-ring (bicyclic) bond motifs is 1. The zero-order valence-electron chi connectivity index (χ0n) is 17.3. The second kappa shape index (κ2) is 7.84. The number of carbonyl (C=O) groups excluding carboxylic acids is 3. The van der Waals surface area contributed by atoms with Crippen LogP contribution >= 0.6 is 0 Å². The average Bonchev–Trinajstić information content (AvgIpc) is 3.13. The lowest BCUT2D eigenvalue weighted by Crippen LogP contribution is -2.64. The van der Waals surface area contributed by atoms with E-state index in [4.69, 9.17) is 0 Å². The average molecular weight is 441 g/mol. The molecule has 3 atom stereocenters. The lowest BCUT2D eigenvalue weighted by Gasteiger charge is -2.39. The molecule has 2 heterocycles. The number of urea groups is 1. The van der Waals surface area contributed by atoms with Gasteiger partial charge >= 0.3 is 12.2 Å². The molecular formula is C19H22F3N5O4. The van der Waals surface area contributed by atoms with Gasteiger partial charge in [-0.2, -0.15) is 13.2 Å². The van der Waals surface area contributed by atoms with Crippen LogP contribution in [0.25, 0.3) is 0 Å². The van der Waals surface area contributed by atoms with E-state index in [1.165, 1.54) is 54.5 Å². The molecule has 0 aliphatic carbocycles. The Bertz CT molecular complexity index is 920. The van der Waals surface area contributed by atoms with Crippen molar-refractivity contribution < 1.29 is 32.3 Å². The van der Waals surface area contributed by atoms with Crippen molar-refractivity contribution in [3.05, 3.63) is 29.8 Å². The quantitative estimate of drug-likeness (QED) is 0.749. The Morgan fingerprint density at radius 2 is 1.81 bits per heavy atom. The molecule has 4 amide bonds. The van der Waals surface area contributed by atoms with Crippen molar-refractivity contribution >= 4 is 29.9 Å². The van der Waals surface area contributed by atoms with Crippen molar-refractivity contribution in [1.29, 1.82) is 0 Å². The van der Waals surface area contributed by atoms with Crippen LogP contribution in [0.1, 0.15) is 12.5 Å². The number of ether oxygens (including phenoxy) is 1. The number of nitrogens with zero attached hydrogens (tertiary/aromatic N) is 4. The van der Waals surface area contributed by atoms with Crippen LogP contribution in [0.4, 0.5) is 23.7 Å². The molecule has 0 aromatic heterocycles. The maximum atomic E-state index is 13.3. The van der Waals surface area contributed by atoms with Gasteiger partial charge < -0.3 is 19.9 Å². The normalized spacial score (nSPS) is 23.1. The molecule has 0 bridgehead atoms. The third-order valence-electron chi connectivity index (χ3n) is 5.57. The molecule has 12 heteroatoms. The number of anilines is 1. The first kappa shape index (κ1) is 22.5. The van der Waals surface area contributed by atoms with Gasteiger partial charge in [-0.3, -0.25) is 14.5 Å². The Morgan fingerprint density at radius 1 is 1.19 bits per heavy atom. The van der Waals surface area contributed by atoms with Gasteiger partial charge in [-0.05, 0) is 24.6 Å². The molecule has 168 valence electrons. The minimum absolute atomic E-state index is 0.112. The van der Waals surface area contributed by atoms with E-state index in [0.29, 0.717) is 0 Å². The van der Waals surface area contributed by atoms with Crippen LogP contribution in [0.5, 0.6) is 0 Å². The van der Waals surface area contributed by atoms with Crippen LogP contribution in [0.15, 0.2) is 29.3 Å². The Kier molecular flexibility index (Phi) is 5.70. The summed E-state index contributed by atoms with van der Waals surface area (Å²) in [6.07, 6.45) is -4.00. The highest BCUT2D eigenvalue weighted by Crippen LogP contribution is 2.41. The van der Waals surface area contributed by atoms with Gasteiger partial charge in [-0.1, -0.05) is 12.1 Å². The van der Waals surface area contributed by atoms with Crippen molar-refractivity contribution in [3.8, 4) is 0 Å². The van der Waals surface area contributed by atoms with Crippen molar-refractivity contribution in [2.24, 2.45) is 4.99 Å². The summed E-state index contributed by atoms with van der Waals surface area (Å²) in [5.74, 6) is -0.978. The third kappa shape index (κ3) is 3.82. The molecule has 0 radical (unpaired) electrons. The zero-order chi connectivity index (χ0) is 23.1. The van der Waals surface area contributed by atoms with Crippen LogP contribution in [0.2, 0.25) is 0 Å². The fourth-order valence-corrected chi connectivity index (χ4v) is 3.48.